The first-order valence-corrected chi connectivity index (χ1v) is 9.80. The molecule has 0 aromatic heterocycles. The van der Waals surface area contributed by atoms with E-state index in [-0.39, 0.29) is 0 Å². The van der Waals surface area contributed by atoms with E-state index in [1.54, 1.807) is 12.1 Å². The van der Waals surface area contributed by atoms with Crippen molar-refractivity contribution in [3.63, 3.8) is 0 Å². The summed E-state index contributed by atoms with van der Waals surface area (Å²) < 4.78 is 88.9. The van der Waals surface area contributed by atoms with Crippen LogP contribution in [-0.2, 0) is 6.11 Å². The van der Waals surface area contributed by atoms with E-state index >= 15 is 0 Å². The predicted molar refractivity (Wildman–Crippen MR) is 98.9 cm³/mol. The Balaban J connectivity index is 1.71. The zero-order valence-electron chi connectivity index (χ0n) is 16.3. The van der Waals surface area contributed by atoms with Gasteiger partial charge in [-0.3, -0.25) is 0 Å². The smallest absolute Gasteiger partial charge is 0.426 e. The molecule has 2 aromatic carbocycles. The van der Waals surface area contributed by atoms with Crippen molar-refractivity contribution in [3.8, 4) is 11.5 Å². The molecule has 0 aliphatic heterocycles. The topological polar surface area (TPSA) is 18.5 Å². The molecule has 0 amide bonds. The average molecular weight is 432 g/mol. The molecule has 0 radical (unpaired) electrons. The Bertz CT molecular complexity index is 822. The van der Waals surface area contributed by atoms with Crippen molar-refractivity contribution < 1.29 is 35.8 Å². The minimum atomic E-state index is -3.87. The van der Waals surface area contributed by atoms with Gasteiger partial charge in [-0.1, -0.05) is 25.5 Å². The Kier molecular flexibility index (Phi) is 6.83. The Hall–Kier alpha value is -2.38. The number of ether oxygens (including phenoxy) is 2. The minimum absolute atomic E-state index is 0.321. The molecule has 0 heterocycles. The number of rotatable bonds is 7. The molecule has 1 saturated carbocycles. The largest absolute Gasteiger partial charge is 0.429 e. The molecule has 164 valence electrons. The highest BCUT2D eigenvalue weighted by molar-refractivity contribution is 5.36. The molecule has 0 bridgehead atoms. The van der Waals surface area contributed by atoms with Gasteiger partial charge in [0.1, 0.15) is 5.75 Å². The van der Waals surface area contributed by atoms with Crippen molar-refractivity contribution in [2.45, 2.75) is 57.7 Å². The van der Waals surface area contributed by atoms with E-state index in [0.717, 1.165) is 43.6 Å². The summed E-state index contributed by atoms with van der Waals surface area (Å²) in [6.07, 6.45) is 1.52. The first-order valence-electron chi connectivity index (χ1n) is 9.80. The van der Waals surface area contributed by atoms with Gasteiger partial charge in [0.15, 0.2) is 17.4 Å². The van der Waals surface area contributed by atoms with Crippen molar-refractivity contribution in [1.29, 1.82) is 0 Å². The molecule has 0 spiro atoms. The molecular weight excluding hydrogens is 410 g/mol. The fourth-order valence-electron chi connectivity index (χ4n) is 3.86. The zero-order valence-corrected chi connectivity index (χ0v) is 16.3. The summed E-state index contributed by atoms with van der Waals surface area (Å²) in [4.78, 5) is 0. The fourth-order valence-corrected chi connectivity index (χ4v) is 3.86. The number of hydrogen-bond acceptors (Lipinski definition) is 2. The summed E-state index contributed by atoms with van der Waals surface area (Å²) in [7, 11) is 0. The van der Waals surface area contributed by atoms with Gasteiger partial charge in [0.05, 0.1) is 5.56 Å². The van der Waals surface area contributed by atoms with Gasteiger partial charge in [0.2, 0.25) is 0 Å². The third kappa shape index (κ3) is 5.21. The molecule has 1 aliphatic rings. The number of hydrogen-bond donors (Lipinski definition) is 0. The molecule has 3 rings (SSSR count). The summed E-state index contributed by atoms with van der Waals surface area (Å²) in [5.41, 5.74) is 0.483. The second-order valence-electron chi connectivity index (χ2n) is 7.46. The minimum Gasteiger partial charge on any atom is -0.429 e. The van der Waals surface area contributed by atoms with Gasteiger partial charge in [-0.2, -0.15) is 17.6 Å². The molecule has 0 unspecified atom stereocenters. The van der Waals surface area contributed by atoms with E-state index in [1.165, 1.54) is 12.1 Å². The van der Waals surface area contributed by atoms with Gasteiger partial charge in [-0.15, -0.1) is 0 Å². The predicted octanol–water partition coefficient (Wildman–Crippen LogP) is 7.38. The molecule has 1 aliphatic carbocycles. The summed E-state index contributed by atoms with van der Waals surface area (Å²) in [5, 5.41) is 0. The lowest BCUT2D eigenvalue weighted by atomic mass is 9.78. The van der Waals surface area contributed by atoms with Gasteiger partial charge in [0.25, 0.3) is 0 Å². The monoisotopic (exact) mass is 432 g/mol. The maximum atomic E-state index is 14.5. The quantitative estimate of drug-likeness (QED) is 0.425. The van der Waals surface area contributed by atoms with E-state index in [2.05, 4.69) is 16.4 Å². The van der Waals surface area contributed by atoms with Gasteiger partial charge >= 0.3 is 12.7 Å². The van der Waals surface area contributed by atoms with Crippen LogP contribution in [-0.4, -0.2) is 6.61 Å². The highest BCUT2D eigenvalue weighted by Crippen LogP contribution is 2.39. The molecule has 8 heteroatoms. The number of halogens is 6. The third-order valence-corrected chi connectivity index (χ3v) is 5.57. The lowest BCUT2D eigenvalue weighted by Gasteiger charge is -2.28. The maximum Gasteiger partial charge on any atom is 0.426 e. The van der Waals surface area contributed by atoms with Crippen molar-refractivity contribution in [3.05, 3.63) is 59.2 Å². The Morgan fingerprint density at radius 2 is 1.53 bits per heavy atom. The van der Waals surface area contributed by atoms with Crippen LogP contribution in [0, 0.1) is 17.6 Å². The van der Waals surface area contributed by atoms with Crippen LogP contribution in [0.15, 0.2) is 36.4 Å². The number of benzene rings is 2. The lowest BCUT2D eigenvalue weighted by molar-refractivity contribution is -0.185. The van der Waals surface area contributed by atoms with Crippen molar-refractivity contribution >= 4 is 0 Å². The van der Waals surface area contributed by atoms with E-state index in [1.807, 2.05) is 0 Å². The SMILES string of the molecule is CC[C@H]1CC[C@H](c2ccc(C(F)(F)Oc3cc(F)c(OC(F)F)c(F)c3)cc2)CC1. The summed E-state index contributed by atoms with van der Waals surface area (Å²) in [6, 6.07) is 6.42. The first kappa shape index (κ1) is 22.3. The summed E-state index contributed by atoms with van der Waals surface area (Å²) in [6.45, 7) is -1.29. The van der Waals surface area contributed by atoms with Crippen LogP contribution in [0.4, 0.5) is 26.3 Å². The highest BCUT2D eigenvalue weighted by atomic mass is 19.3. The van der Waals surface area contributed by atoms with Gasteiger partial charge in [-0.25, -0.2) is 8.78 Å². The Labute approximate surface area is 170 Å². The van der Waals surface area contributed by atoms with E-state index < -0.39 is 41.4 Å². The second-order valence-corrected chi connectivity index (χ2v) is 7.46. The molecule has 2 nitrogen and oxygen atoms in total. The van der Waals surface area contributed by atoms with Crippen LogP contribution in [0.2, 0.25) is 0 Å². The normalized spacial score (nSPS) is 19.7. The zero-order chi connectivity index (χ0) is 21.9. The van der Waals surface area contributed by atoms with Gasteiger partial charge in [-0.05, 0) is 55.2 Å². The van der Waals surface area contributed by atoms with Crippen molar-refractivity contribution in [2.24, 2.45) is 5.92 Å². The van der Waals surface area contributed by atoms with Crippen LogP contribution >= 0.6 is 0 Å². The molecule has 0 N–H and O–H groups in total. The van der Waals surface area contributed by atoms with E-state index in [9.17, 15) is 26.3 Å². The molecule has 1 fully saturated rings. The third-order valence-electron chi connectivity index (χ3n) is 5.57. The highest BCUT2D eigenvalue weighted by Gasteiger charge is 2.35. The van der Waals surface area contributed by atoms with Crippen LogP contribution in [0.5, 0.6) is 11.5 Å². The van der Waals surface area contributed by atoms with Crippen LogP contribution in [0.25, 0.3) is 0 Å². The molecular formula is C22H22F6O2. The molecule has 30 heavy (non-hydrogen) atoms. The first-order chi connectivity index (χ1) is 14.2. The van der Waals surface area contributed by atoms with Crippen molar-refractivity contribution in [2.75, 3.05) is 0 Å². The average Bonchev–Trinajstić information content (AvgIpc) is 2.70. The van der Waals surface area contributed by atoms with E-state index in [4.69, 9.17) is 0 Å². The molecule has 0 saturated heterocycles. The van der Waals surface area contributed by atoms with Crippen LogP contribution in [0.3, 0.4) is 0 Å². The Morgan fingerprint density at radius 1 is 0.967 bits per heavy atom. The number of alkyl halides is 4. The fraction of sp³-hybridized carbons (Fsp3) is 0.455. The Morgan fingerprint density at radius 3 is 2.03 bits per heavy atom. The van der Waals surface area contributed by atoms with Crippen LogP contribution in [0.1, 0.15) is 56.1 Å². The van der Waals surface area contributed by atoms with E-state index in [0.29, 0.717) is 18.1 Å². The van der Waals surface area contributed by atoms with Gasteiger partial charge in [0, 0.05) is 12.1 Å². The molecule has 2 aromatic rings. The van der Waals surface area contributed by atoms with Gasteiger partial charge < -0.3 is 9.47 Å². The van der Waals surface area contributed by atoms with Crippen molar-refractivity contribution in [1.82, 2.24) is 0 Å². The van der Waals surface area contributed by atoms with Crippen LogP contribution < -0.4 is 9.47 Å². The lowest BCUT2D eigenvalue weighted by Crippen LogP contribution is -2.22. The molecule has 0 atom stereocenters. The standard InChI is InChI=1S/C22H22F6O2/c1-2-13-3-5-14(6-4-13)15-7-9-16(10-8-15)22(27,28)30-17-11-18(23)20(19(24)12-17)29-21(25)26/h7-14,21H,2-6H2,1H3/t13-,14-. The summed E-state index contributed by atoms with van der Waals surface area (Å²) in [5.74, 6) is -4.31. The maximum absolute atomic E-state index is 14.5. The summed E-state index contributed by atoms with van der Waals surface area (Å²) >= 11 is 0. The second kappa shape index (κ2) is 9.18.